The molecule has 0 unspecified atom stereocenters. The van der Waals surface area contributed by atoms with Crippen LogP contribution in [0.5, 0.6) is 0 Å². The molecule has 0 radical (unpaired) electrons. The van der Waals surface area contributed by atoms with Crippen molar-refractivity contribution in [3.8, 4) is 0 Å². The third-order valence-electron chi connectivity index (χ3n) is 3.16. The fourth-order valence-corrected chi connectivity index (χ4v) is 2.04. The van der Waals surface area contributed by atoms with Crippen molar-refractivity contribution in [1.82, 2.24) is 20.0 Å². The molecular weight excluding hydrogens is 318 g/mol. The highest BCUT2D eigenvalue weighted by atomic mass is 35.5. The summed E-state index contributed by atoms with van der Waals surface area (Å²) < 4.78 is 5.75. The highest BCUT2D eigenvalue weighted by Crippen LogP contribution is 2.23. The second-order valence-electron chi connectivity index (χ2n) is 6.61. The van der Waals surface area contributed by atoms with E-state index in [-0.39, 0.29) is 29.8 Å². The second-order valence-corrected chi connectivity index (χ2v) is 6.88. The summed E-state index contributed by atoms with van der Waals surface area (Å²) in [6.45, 7) is 10.2. The summed E-state index contributed by atoms with van der Waals surface area (Å²) in [6, 6.07) is 0.106. The molecule has 0 spiro atoms. The summed E-state index contributed by atoms with van der Waals surface area (Å²) in [5, 5.41) is 8.48. The van der Waals surface area contributed by atoms with Crippen molar-refractivity contribution in [1.29, 1.82) is 0 Å². The summed E-state index contributed by atoms with van der Waals surface area (Å²) in [7, 11) is 0. The van der Waals surface area contributed by atoms with Gasteiger partial charge in [0.15, 0.2) is 11.7 Å². The van der Waals surface area contributed by atoms with Gasteiger partial charge in [0.25, 0.3) is 0 Å². The number of carbonyl (C=O) groups is 1. The van der Waals surface area contributed by atoms with Crippen molar-refractivity contribution in [2.75, 3.05) is 10.8 Å². The molecule has 2 rings (SSSR count). The fourth-order valence-electron chi connectivity index (χ4n) is 1.89. The topological polar surface area (TPSA) is 77.0 Å². The van der Waals surface area contributed by atoms with Crippen LogP contribution in [-0.4, -0.2) is 31.8 Å². The number of aromatic nitrogens is 4. The standard InChI is InChI=1S/C15H22ClN5O2/c1-10(2)21-18-8-12(19-21)20(13(22)6-16)9-11-7-17-14(23-11)15(3,4)5/h7-8,10H,6,9H2,1-5H3. The maximum Gasteiger partial charge on any atom is 0.243 e. The van der Waals surface area contributed by atoms with Crippen LogP contribution in [0.25, 0.3) is 0 Å². The minimum absolute atomic E-state index is 0.106. The minimum atomic E-state index is -0.267. The quantitative estimate of drug-likeness (QED) is 0.783. The van der Waals surface area contributed by atoms with E-state index in [2.05, 4.69) is 15.2 Å². The van der Waals surface area contributed by atoms with Gasteiger partial charge in [0.2, 0.25) is 5.91 Å². The van der Waals surface area contributed by atoms with Crippen LogP contribution < -0.4 is 4.90 Å². The molecule has 0 fully saturated rings. The van der Waals surface area contributed by atoms with Gasteiger partial charge < -0.3 is 4.42 Å². The van der Waals surface area contributed by atoms with Crippen LogP contribution in [0.3, 0.4) is 0 Å². The molecule has 0 N–H and O–H groups in total. The molecular formula is C15H22ClN5O2. The number of hydrogen-bond acceptors (Lipinski definition) is 5. The van der Waals surface area contributed by atoms with Crippen molar-refractivity contribution >= 4 is 23.3 Å². The summed E-state index contributed by atoms with van der Waals surface area (Å²) in [5.74, 6) is 1.23. The molecule has 126 valence electrons. The normalized spacial score (nSPS) is 12.0. The Morgan fingerprint density at radius 3 is 2.57 bits per heavy atom. The Morgan fingerprint density at radius 2 is 2.09 bits per heavy atom. The van der Waals surface area contributed by atoms with Crippen LogP contribution in [0, 0.1) is 0 Å². The average molecular weight is 340 g/mol. The number of carbonyl (C=O) groups excluding carboxylic acids is 1. The molecule has 1 amide bonds. The van der Waals surface area contributed by atoms with Crippen molar-refractivity contribution in [2.45, 2.75) is 52.6 Å². The van der Waals surface area contributed by atoms with Gasteiger partial charge in [-0.05, 0) is 13.8 Å². The first-order valence-electron chi connectivity index (χ1n) is 7.45. The van der Waals surface area contributed by atoms with E-state index in [1.165, 1.54) is 4.90 Å². The molecule has 0 bridgehead atoms. The highest BCUT2D eigenvalue weighted by molar-refractivity contribution is 6.29. The van der Waals surface area contributed by atoms with Crippen molar-refractivity contribution in [2.24, 2.45) is 0 Å². The van der Waals surface area contributed by atoms with Crippen LogP contribution >= 0.6 is 11.6 Å². The largest absolute Gasteiger partial charge is 0.443 e. The minimum Gasteiger partial charge on any atom is -0.443 e. The molecule has 2 aromatic heterocycles. The number of hydrogen-bond donors (Lipinski definition) is 0. The molecule has 2 aromatic rings. The van der Waals surface area contributed by atoms with E-state index < -0.39 is 0 Å². The maximum absolute atomic E-state index is 12.2. The Hall–Kier alpha value is -1.89. The average Bonchev–Trinajstić information content (AvgIpc) is 3.12. The Balaban J connectivity index is 2.25. The van der Waals surface area contributed by atoms with Crippen LogP contribution in [-0.2, 0) is 16.8 Å². The Labute approximate surface area is 140 Å². The lowest BCUT2D eigenvalue weighted by molar-refractivity contribution is -0.116. The molecule has 0 saturated carbocycles. The third kappa shape index (κ3) is 4.10. The number of nitrogens with zero attached hydrogens (tertiary/aromatic N) is 5. The Morgan fingerprint density at radius 1 is 1.39 bits per heavy atom. The van der Waals surface area contributed by atoms with Crippen LogP contribution in [0.1, 0.15) is 52.3 Å². The second kappa shape index (κ2) is 6.70. The van der Waals surface area contributed by atoms with Gasteiger partial charge in [-0.1, -0.05) is 20.8 Å². The zero-order valence-electron chi connectivity index (χ0n) is 14.1. The zero-order valence-corrected chi connectivity index (χ0v) is 14.8. The maximum atomic E-state index is 12.2. The van der Waals surface area contributed by atoms with Crippen molar-refractivity contribution < 1.29 is 9.21 Å². The van der Waals surface area contributed by atoms with E-state index >= 15 is 0 Å². The summed E-state index contributed by atoms with van der Waals surface area (Å²) in [6.07, 6.45) is 3.17. The molecule has 7 nitrogen and oxygen atoms in total. The predicted molar refractivity (Wildman–Crippen MR) is 87.5 cm³/mol. The highest BCUT2D eigenvalue weighted by Gasteiger charge is 2.24. The number of amides is 1. The predicted octanol–water partition coefficient (Wildman–Crippen LogP) is 2.92. The molecule has 0 aliphatic carbocycles. The lowest BCUT2D eigenvalue weighted by Gasteiger charge is -2.17. The first kappa shape index (κ1) is 17.5. The van der Waals surface area contributed by atoms with Crippen LogP contribution in [0.2, 0.25) is 0 Å². The van der Waals surface area contributed by atoms with E-state index in [0.29, 0.717) is 17.5 Å². The smallest absolute Gasteiger partial charge is 0.243 e. The Kier molecular flexibility index (Phi) is 5.09. The fraction of sp³-hybridized carbons (Fsp3) is 0.600. The number of anilines is 1. The molecule has 23 heavy (non-hydrogen) atoms. The molecule has 0 aliphatic heterocycles. The molecule has 8 heteroatoms. The number of halogens is 1. The molecule has 2 heterocycles. The van der Waals surface area contributed by atoms with Crippen LogP contribution in [0.4, 0.5) is 5.82 Å². The lowest BCUT2D eigenvalue weighted by Crippen LogP contribution is -2.31. The summed E-state index contributed by atoms with van der Waals surface area (Å²) in [5.41, 5.74) is -0.194. The number of oxazole rings is 1. The van der Waals surface area contributed by atoms with Crippen LogP contribution in [0.15, 0.2) is 16.8 Å². The van der Waals surface area contributed by atoms with Gasteiger partial charge in [0.1, 0.15) is 11.6 Å². The zero-order chi connectivity index (χ0) is 17.2. The molecule has 0 saturated heterocycles. The van der Waals surface area contributed by atoms with Gasteiger partial charge in [-0.3, -0.25) is 9.69 Å². The van der Waals surface area contributed by atoms with Crippen molar-refractivity contribution in [3.63, 3.8) is 0 Å². The third-order valence-corrected chi connectivity index (χ3v) is 3.39. The van der Waals surface area contributed by atoms with Gasteiger partial charge in [0, 0.05) is 5.41 Å². The molecule has 0 atom stereocenters. The molecule has 0 aliphatic rings. The molecule has 0 aromatic carbocycles. The number of rotatable bonds is 5. The summed E-state index contributed by atoms with van der Waals surface area (Å²) in [4.78, 5) is 19.4. The van der Waals surface area contributed by atoms with Crippen molar-refractivity contribution in [3.05, 3.63) is 24.0 Å². The van der Waals surface area contributed by atoms with E-state index in [9.17, 15) is 4.79 Å². The van der Waals surface area contributed by atoms with Gasteiger partial charge in [0.05, 0.1) is 25.0 Å². The van der Waals surface area contributed by atoms with E-state index in [0.717, 1.165) is 0 Å². The number of alkyl halides is 1. The Bertz CT molecular complexity index is 671. The van der Waals surface area contributed by atoms with Gasteiger partial charge in [-0.2, -0.15) is 9.90 Å². The van der Waals surface area contributed by atoms with Gasteiger partial charge >= 0.3 is 0 Å². The lowest BCUT2D eigenvalue weighted by atomic mass is 9.97. The first-order valence-corrected chi connectivity index (χ1v) is 7.99. The summed E-state index contributed by atoms with van der Waals surface area (Å²) >= 11 is 5.72. The van der Waals surface area contributed by atoms with Gasteiger partial charge in [-0.25, -0.2) is 4.98 Å². The van der Waals surface area contributed by atoms with E-state index in [1.807, 2.05) is 34.6 Å². The van der Waals surface area contributed by atoms with E-state index in [1.54, 1.807) is 17.2 Å². The first-order chi connectivity index (χ1) is 10.7. The van der Waals surface area contributed by atoms with E-state index in [4.69, 9.17) is 16.0 Å². The monoisotopic (exact) mass is 339 g/mol. The van der Waals surface area contributed by atoms with Gasteiger partial charge in [-0.15, -0.1) is 16.7 Å². The SMILES string of the molecule is CC(C)n1ncc(N(Cc2cnc(C(C)(C)C)o2)C(=O)CCl)n1.